The lowest BCUT2D eigenvalue weighted by atomic mass is 10.00. The molecule has 0 atom stereocenters. The van der Waals surface area contributed by atoms with Gasteiger partial charge in [0.1, 0.15) is 0 Å². The number of hydrogen-bond donors (Lipinski definition) is 0. The molecule has 0 aliphatic heterocycles. The van der Waals surface area contributed by atoms with Crippen LogP contribution in [-0.4, -0.2) is 28.7 Å². The summed E-state index contributed by atoms with van der Waals surface area (Å²) >= 11 is 0. The van der Waals surface area contributed by atoms with E-state index in [0.717, 1.165) is 60.9 Å². The molecule has 0 fully saturated rings. The highest BCUT2D eigenvalue weighted by Gasteiger charge is 2.23. The average Bonchev–Trinajstić information content (AvgIpc) is 4.07. The van der Waals surface area contributed by atoms with E-state index < -0.39 is 0 Å². The highest BCUT2D eigenvalue weighted by molar-refractivity contribution is 6.29. The maximum absolute atomic E-state index is 5.22. The zero-order chi connectivity index (χ0) is 45.4. The first-order chi connectivity index (χ1) is 34.2. The van der Waals surface area contributed by atoms with E-state index in [1.54, 1.807) is 0 Å². The molecule has 10 aromatic carbocycles. The third kappa shape index (κ3) is 6.23. The first-order valence-electron chi connectivity index (χ1n) is 23.4. The molecular weight excluding hydrogens is 841 g/mol. The van der Waals surface area contributed by atoms with Crippen LogP contribution in [0.25, 0.3) is 128 Å². The van der Waals surface area contributed by atoms with Crippen LogP contribution in [0.4, 0.5) is 0 Å². The number of para-hydroxylation sites is 3. The van der Waals surface area contributed by atoms with Crippen LogP contribution in [-0.2, 0) is 0 Å². The Hall–Kier alpha value is -9.39. The van der Waals surface area contributed by atoms with Crippen LogP contribution >= 0.6 is 0 Å². The van der Waals surface area contributed by atoms with Crippen molar-refractivity contribution in [2.75, 3.05) is 0 Å². The maximum Gasteiger partial charge on any atom is 0.238 e. The van der Waals surface area contributed by atoms with Crippen molar-refractivity contribution in [3.05, 3.63) is 243 Å². The predicted octanol–water partition coefficient (Wildman–Crippen LogP) is 15.8. The zero-order valence-corrected chi connectivity index (χ0v) is 37.3. The van der Waals surface area contributed by atoms with E-state index in [0.29, 0.717) is 17.6 Å². The highest BCUT2D eigenvalue weighted by atomic mass is 15.2. The topological polar surface area (TPSA) is 53.5 Å². The number of nitrogens with zero attached hydrogens (tertiary/aromatic N) is 6. The fourth-order valence-electron chi connectivity index (χ4n) is 10.6. The van der Waals surface area contributed by atoms with Gasteiger partial charge in [0.2, 0.25) is 5.95 Å². The van der Waals surface area contributed by atoms with Gasteiger partial charge in [-0.3, -0.25) is 4.57 Å². The number of benzene rings is 10. The number of rotatable bonds is 7. The van der Waals surface area contributed by atoms with E-state index in [1.807, 2.05) is 36.4 Å². The van der Waals surface area contributed by atoms with Gasteiger partial charge in [-0.1, -0.05) is 188 Å². The smallest absolute Gasteiger partial charge is 0.238 e. The van der Waals surface area contributed by atoms with Gasteiger partial charge in [0.25, 0.3) is 0 Å². The molecule has 6 heteroatoms. The fraction of sp³-hybridized carbons (Fsp3) is 0. The third-order valence-corrected chi connectivity index (χ3v) is 13.7. The summed E-state index contributed by atoms with van der Waals surface area (Å²) in [5.41, 5.74) is 15.5. The summed E-state index contributed by atoms with van der Waals surface area (Å²) in [6.45, 7) is 0. The van der Waals surface area contributed by atoms with Crippen LogP contribution in [0.2, 0.25) is 0 Å². The summed E-state index contributed by atoms with van der Waals surface area (Å²) in [5.74, 6) is 1.81. The maximum atomic E-state index is 5.22. The van der Waals surface area contributed by atoms with Crippen molar-refractivity contribution in [1.29, 1.82) is 0 Å². The Kier molecular flexibility index (Phi) is 8.79. The molecule has 14 rings (SSSR count). The van der Waals surface area contributed by atoms with Crippen LogP contribution in [0.15, 0.2) is 243 Å². The van der Waals surface area contributed by atoms with Crippen molar-refractivity contribution in [3.8, 4) is 62.4 Å². The van der Waals surface area contributed by atoms with Crippen molar-refractivity contribution >= 4 is 65.4 Å². The second kappa shape index (κ2) is 15.6. The van der Waals surface area contributed by atoms with E-state index in [4.69, 9.17) is 15.0 Å². The lowest BCUT2D eigenvalue weighted by Crippen LogP contribution is -2.06. The summed E-state index contributed by atoms with van der Waals surface area (Å²) < 4.78 is 7.07. The van der Waals surface area contributed by atoms with E-state index in [-0.39, 0.29) is 0 Å². The minimum atomic E-state index is 0.566. The minimum absolute atomic E-state index is 0.566. The molecule has 322 valence electrons. The third-order valence-electron chi connectivity index (χ3n) is 13.7. The first-order valence-corrected chi connectivity index (χ1v) is 23.4. The monoisotopic (exact) mass is 880 g/mol. The number of hydrogen-bond acceptors (Lipinski definition) is 3. The first kappa shape index (κ1) is 38.8. The van der Waals surface area contributed by atoms with Gasteiger partial charge in [0.15, 0.2) is 11.6 Å². The van der Waals surface area contributed by atoms with Crippen molar-refractivity contribution < 1.29 is 0 Å². The molecule has 6 nitrogen and oxygen atoms in total. The van der Waals surface area contributed by atoms with Crippen LogP contribution in [0, 0.1) is 0 Å². The summed E-state index contributed by atoms with van der Waals surface area (Å²) in [7, 11) is 0. The van der Waals surface area contributed by atoms with Crippen LogP contribution in [0.1, 0.15) is 0 Å². The minimum Gasteiger partial charge on any atom is -0.309 e. The van der Waals surface area contributed by atoms with Gasteiger partial charge in [-0.2, -0.15) is 9.97 Å². The molecule has 0 spiro atoms. The van der Waals surface area contributed by atoms with E-state index in [9.17, 15) is 0 Å². The van der Waals surface area contributed by atoms with Gasteiger partial charge in [0, 0.05) is 54.8 Å². The Morgan fingerprint density at radius 1 is 0.232 bits per heavy atom. The van der Waals surface area contributed by atoms with Crippen LogP contribution in [0.5, 0.6) is 0 Å². The second-order valence-corrected chi connectivity index (χ2v) is 17.6. The van der Waals surface area contributed by atoms with E-state index in [2.05, 4.69) is 220 Å². The van der Waals surface area contributed by atoms with Gasteiger partial charge < -0.3 is 9.13 Å². The molecule has 4 aromatic heterocycles. The Morgan fingerprint density at radius 3 is 1.22 bits per heavy atom. The Bertz CT molecular complexity index is 4220. The summed E-state index contributed by atoms with van der Waals surface area (Å²) in [6.07, 6.45) is 0. The average molecular weight is 881 g/mol. The Balaban J connectivity index is 0.971. The summed E-state index contributed by atoms with van der Waals surface area (Å²) in [5, 5.41) is 7.13. The largest absolute Gasteiger partial charge is 0.309 e. The lowest BCUT2D eigenvalue weighted by molar-refractivity contribution is 0.953. The van der Waals surface area contributed by atoms with Crippen molar-refractivity contribution in [1.82, 2.24) is 28.7 Å². The zero-order valence-electron chi connectivity index (χ0n) is 37.3. The molecule has 0 bridgehead atoms. The van der Waals surface area contributed by atoms with Crippen molar-refractivity contribution in [2.45, 2.75) is 0 Å². The molecule has 0 aliphatic rings. The molecule has 0 aliphatic carbocycles. The molecule has 0 N–H and O–H groups in total. The van der Waals surface area contributed by atoms with E-state index >= 15 is 0 Å². The molecule has 4 heterocycles. The highest BCUT2D eigenvalue weighted by Crippen LogP contribution is 2.43. The standard InChI is InChI=1S/C63H40N6/c1-4-17-41(18-5-1)42-31-33-43(34-32-42)46-23-16-24-47(39-46)67-54-29-14-11-26-51(54)59-56(67)37-38-57-60(59)52-27-12-15-30-55(52)68(57)48-35-36-50-49-25-10-13-28-53(49)69(58(50)40-48)63-65-61(44-19-6-2-7-20-44)64-62(66-63)45-21-8-3-9-22-45/h1-40H. The van der Waals surface area contributed by atoms with E-state index in [1.165, 1.54) is 49.3 Å². The van der Waals surface area contributed by atoms with Gasteiger partial charge in [-0.25, -0.2) is 4.98 Å². The van der Waals surface area contributed by atoms with Crippen LogP contribution < -0.4 is 0 Å². The second-order valence-electron chi connectivity index (χ2n) is 17.6. The van der Waals surface area contributed by atoms with Gasteiger partial charge in [-0.15, -0.1) is 0 Å². The molecule has 0 unspecified atom stereocenters. The van der Waals surface area contributed by atoms with Gasteiger partial charge in [-0.05, 0) is 76.9 Å². The van der Waals surface area contributed by atoms with Gasteiger partial charge in [0.05, 0.1) is 33.1 Å². The number of aromatic nitrogens is 6. The molecular formula is C63H40N6. The summed E-state index contributed by atoms with van der Waals surface area (Å²) in [6, 6.07) is 86.4. The molecule has 0 radical (unpaired) electrons. The Labute approximate surface area is 397 Å². The summed E-state index contributed by atoms with van der Waals surface area (Å²) in [4.78, 5) is 15.5. The van der Waals surface area contributed by atoms with Crippen molar-refractivity contribution in [2.24, 2.45) is 0 Å². The SMILES string of the molecule is c1ccc(-c2ccc(-c3cccc(-n4c5ccccc5c5c6c7ccccc7n(-c7ccc8c9ccccc9n(-c9nc(-c%10ccccc%10)nc(-c%10ccccc%10)n9)c8c7)c6ccc54)c3)cc2)cc1. The quantitative estimate of drug-likeness (QED) is 0.160. The molecule has 69 heavy (non-hydrogen) atoms. The fourth-order valence-corrected chi connectivity index (χ4v) is 10.6. The molecule has 14 aromatic rings. The predicted molar refractivity (Wildman–Crippen MR) is 285 cm³/mol. The number of fused-ring (bicyclic) bond motifs is 10. The normalized spacial score (nSPS) is 11.8. The molecule has 0 saturated heterocycles. The van der Waals surface area contributed by atoms with Crippen molar-refractivity contribution in [3.63, 3.8) is 0 Å². The molecule has 0 saturated carbocycles. The van der Waals surface area contributed by atoms with Crippen LogP contribution in [0.3, 0.4) is 0 Å². The van der Waals surface area contributed by atoms with Gasteiger partial charge >= 0.3 is 0 Å². The molecule has 0 amide bonds. The Morgan fingerprint density at radius 2 is 0.652 bits per heavy atom. The lowest BCUT2D eigenvalue weighted by Gasteiger charge is -2.12.